The first kappa shape index (κ1) is 42.0. The van der Waals surface area contributed by atoms with Gasteiger partial charge < -0.3 is 9.47 Å². The van der Waals surface area contributed by atoms with Crippen LogP contribution >= 0.6 is 15.8 Å². The Balaban J connectivity index is 0.000000184. The number of aliphatic imine (C=N–C) groups is 2. The molecule has 4 aromatic rings. The van der Waals surface area contributed by atoms with Crippen LogP contribution in [0.5, 0.6) is 0 Å². The van der Waals surface area contributed by atoms with Crippen LogP contribution in [-0.4, -0.2) is 48.4 Å². The van der Waals surface area contributed by atoms with Gasteiger partial charge in [0.25, 0.3) is 0 Å². The summed E-state index contributed by atoms with van der Waals surface area (Å²) in [4.78, 5) is 10.1. The molecule has 2 aliphatic heterocycles. The van der Waals surface area contributed by atoms with Crippen molar-refractivity contribution < 1.29 is 31.9 Å². The molecule has 0 amide bonds. The van der Waals surface area contributed by atoms with Crippen LogP contribution in [0.3, 0.4) is 0 Å². The normalized spacial score (nSPS) is 25.0. The molecule has 6 atom stereocenters. The van der Waals surface area contributed by atoms with Crippen molar-refractivity contribution in [2.75, 3.05) is 13.2 Å². The molecule has 1 radical (unpaired) electrons. The Morgan fingerprint density at radius 2 is 0.745 bits per heavy atom. The van der Waals surface area contributed by atoms with E-state index in [4.69, 9.17) is 19.5 Å². The molecule has 2 unspecified atom stereocenters. The number of hydrogen-bond acceptors (Lipinski definition) is 4. The fourth-order valence-electron chi connectivity index (χ4n) is 8.94. The van der Waals surface area contributed by atoms with E-state index in [9.17, 15) is 0 Å². The number of ether oxygens (including phenoxy) is 2. The van der Waals surface area contributed by atoms with E-state index in [0.29, 0.717) is 23.2 Å². The van der Waals surface area contributed by atoms with Crippen molar-refractivity contribution in [3.8, 4) is 0 Å². The van der Waals surface area contributed by atoms with Gasteiger partial charge in [0.1, 0.15) is 13.2 Å². The Morgan fingerprint density at radius 3 is 1.00 bits per heavy atom. The van der Waals surface area contributed by atoms with E-state index in [1.165, 1.54) is 59.7 Å². The Kier molecular flexibility index (Phi) is 14.4. The van der Waals surface area contributed by atoms with E-state index in [1.807, 2.05) is 0 Å². The van der Waals surface area contributed by atoms with Crippen LogP contribution in [0, 0.1) is 22.7 Å². The van der Waals surface area contributed by atoms with Gasteiger partial charge in [-0.1, -0.05) is 114 Å². The largest absolute Gasteiger partial charge is 0.478 e. The van der Waals surface area contributed by atoms with Crippen molar-refractivity contribution in [1.29, 1.82) is 0 Å². The predicted molar refractivity (Wildman–Crippen MR) is 236 cm³/mol. The molecule has 4 nitrogen and oxygen atoms in total. The SMILES string of the molecule is CC(C)(C)[C@H]1COC(C2CCC[C@@H]2[PH+](c2ccccc2)c2ccccc2)=N1.CC(C)(C)[C@H]1COC(C2CCC[C@H]2[PH+](c2ccccc2)c2ccccc2)=N1.[Au]. The van der Waals surface area contributed by atoms with Crippen molar-refractivity contribution in [3.05, 3.63) is 121 Å². The summed E-state index contributed by atoms with van der Waals surface area (Å²) < 4.78 is 12.4. The molecule has 2 heterocycles. The Hall–Kier alpha value is -2.58. The maximum atomic E-state index is 6.19. The number of nitrogens with zero attached hydrogens (tertiary/aromatic N) is 2. The summed E-state index contributed by atoms with van der Waals surface area (Å²) in [6, 6.07) is 45.2. The monoisotopic (exact) mass is 957 g/mol. The summed E-state index contributed by atoms with van der Waals surface area (Å²) >= 11 is 0. The summed E-state index contributed by atoms with van der Waals surface area (Å²) in [6.07, 6.45) is 7.57. The van der Waals surface area contributed by atoms with Crippen LogP contribution < -0.4 is 21.2 Å². The van der Waals surface area contributed by atoms with E-state index in [2.05, 4.69) is 163 Å². The molecule has 8 rings (SSSR count). The van der Waals surface area contributed by atoms with Crippen LogP contribution in [0.1, 0.15) is 80.1 Å². The maximum absolute atomic E-state index is 6.19. The average Bonchev–Trinajstić information content (AvgIpc) is 4.01. The second-order valence-corrected chi connectivity index (χ2v) is 23.3. The molecule has 2 fully saturated rings. The molecular weight excluding hydrogens is 895 g/mol. The van der Waals surface area contributed by atoms with Gasteiger partial charge in [-0.15, -0.1) is 0 Å². The van der Waals surface area contributed by atoms with Gasteiger partial charge in [0.15, 0.2) is 11.8 Å². The standard InChI is InChI=1S/2C24H30NOP.Au/c2*1-24(2,3)22-17-26-23(25-22)20-15-10-16-21(20)27(18-11-6-4-7-12-18)19-13-8-5-9-14-19;/h2*4-9,11-14,20-22H,10,15-17H2,1-3H3;/p+2/t20?,21-,22+;20?,21-,22-;/m01./s1. The van der Waals surface area contributed by atoms with E-state index in [0.717, 1.165) is 25.0 Å². The Labute approximate surface area is 349 Å². The zero-order valence-electron chi connectivity index (χ0n) is 33.7. The smallest absolute Gasteiger partial charge is 0.190 e. The Morgan fingerprint density at radius 1 is 0.455 bits per heavy atom. The second kappa shape index (κ2) is 18.8. The van der Waals surface area contributed by atoms with Crippen molar-refractivity contribution in [1.82, 2.24) is 0 Å². The predicted octanol–water partition coefficient (Wildman–Crippen LogP) is 9.72. The first-order valence-electron chi connectivity index (χ1n) is 20.4. The molecule has 0 spiro atoms. The number of hydrogen-bond donors (Lipinski definition) is 0. The van der Waals surface area contributed by atoms with Crippen LogP contribution in [0.25, 0.3) is 0 Å². The van der Waals surface area contributed by atoms with Crippen LogP contribution in [-0.2, 0) is 31.9 Å². The molecule has 2 aliphatic carbocycles. The minimum absolute atomic E-state index is 0. The summed E-state index contributed by atoms with van der Waals surface area (Å²) in [6.45, 7) is 15.1. The van der Waals surface area contributed by atoms with E-state index < -0.39 is 15.8 Å². The first-order chi connectivity index (χ1) is 26.1. The molecule has 2 saturated carbocycles. The van der Waals surface area contributed by atoms with Gasteiger partial charge in [0.2, 0.25) is 0 Å². The van der Waals surface area contributed by atoms with Gasteiger partial charge in [-0.2, -0.15) is 0 Å². The van der Waals surface area contributed by atoms with Gasteiger partial charge in [-0.25, -0.2) is 9.98 Å². The molecule has 4 aliphatic rings. The third-order valence-corrected chi connectivity index (χ3v) is 18.8. The minimum atomic E-state index is -0.875. The van der Waals surface area contributed by atoms with Crippen LogP contribution in [0.2, 0.25) is 0 Å². The third kappa shape index (κ3) is 10.1. The molecule has 0 N–H and O–H groups in total. The summed E-state index contributed by atoms with van der Waals surface area (Å²) in [5.74, 6) is 3.05. The zero-order chi connectivity index (χ0) is 37.7. The third-order valence-electron chi connectivity index (χ3n) is 12.1. The summed E-state index contributed by atoms with van der Waals surface area (Å²) in [7, 11) is -1.75. The molecule has 4 aromatic carbocycles. The summed E-state index contributed by atoms with van der Waals surface area (Å²) in [5, 5.41) is 6.04. The van der Waals surface area contributed by atoms with Crippen molar-refractivity contribution in [3.63, 3.8) is 0 Å². The topological polar surface area (TPSA) is 43.2 Å². The minimum Gasteiger partial charge on any atom is -0.478 e. The van der Waals surface area contributed by atoms with E-state index >= 15 is 0 Å². The first-order valence-corrected chi connectivity index (χ1v) is 23.6. The van der Waals surface area contributed by atoms with Gasteiger partial charge in [-0.05, 0) is 97.9 Å². The molecule has 0 saturated heterocycles. The van der Waals surface area contributed by atoms with Crippen LogP contribution in [0.15, 0.2) is 131 Å². The maximum Gasteiger partial charge on any atom is 0.190 e. The van der Waals surface area contributed by atoms with E-state index in [1.54, 1.807) is 0 Å². The molecule has 295 valence electrons. The molecular formula is C48H62AuN2O2P2+2. The Bertz CT molecular complexity index is 1630. The molecule has 55 heavy (non-hydrogen) atoms. The number of rotatable bonds is 8. The van der Waals surface area contributed by atoms with E-state index in [-0.39, 0.29) is 45.3 Å². The molecule has 7 heteroatoms. The second-order valence-electron chi connectivity index (χ2n) is 17.9. The zero-order valence-corrected chi connectivity index (χ0v) is 37.8. The van der Waals surface area contributed by atoms with Crippen LogP contribution in [0.4, 0.5) is 0 Å². The van der Waals surface area contributed by atoms with Crippen molar-refractivity contribution in [2.45, 2.75) is 103 Å². The summed E-state index contributed by atoms with van der Waals surface area (Å²) in [5.41, 5.74) is 1.64. The molecule has 0 aromatic heterocycles. The fourth-order valence-corrected chi connectivity index (χ4v) is 15.9. The van der Waals surface area contributed by atoms with Gasteiger partial charge in [0.05, 0.1) is 72.3 Å². The van der Waals surface area contributed by atoms with Crippen molar-refractivity contribution >= 4 is 48.9 Å². The van der Waals surface area contributed by atoms with Gasteiger partial charge >= 0.3 is 0 Å². The number of benzene rings is 4. The fraction of sp³-hybridized carbons (Fsp3) is 0.458. The van der Waals surface area contributed by atoms with Gasteiger partial charge in [0, 0.05) is 22.4 Å². The average molecular weight is 958 g/mol. The van der Waals surface area contributed by atoms with Crippen molar-refractivity contribution in [2.24, 2.45) is 32.7 Å². The quantitative estimate of drug-likeness (QED) is 0.131. The molecule has 0 bridgehead atoms. The van der Waals surface area contributed by atoms with Gasteiger partial charge in [-0.3, -0.25) is 0 Å².